The summed E-state index contributed by atoms with van der Waals surface area (Å²) in [5.74, 6) is -0.431. The van der Waals surface area contributed by atoms with Gasteiger partial charge < -0.3 is 4.79 Å². The number of hydrogen-bond donors (Lipinski definition) is 0. The molecule has 0 aliphatic rings. The first kappa shape index (κ1) is 9.16. The molecule has 0 rings (SSSR count). The highest BCUT2D eigenvalue weighted by Gasteiger charge is 2.17. The maximum atomic E-state index is 10.2. The minimum atomic E-state index is -0.431. The van der Waals surface area contributed by atoms with Crippen molar-refractivity contribution in [3.05, 3.63) is 0 Å². The first-order valence-electron chi connectivity index (χ1n) is 3.34. The summed E-state index contributed by atoms with van der Waals surface area (Å²) in [7, 11) is 0. The summed E-state index contributed by atoms with van der Waals surface area (Å²) in [5, 5.41) is 8.41. The molecule has 0 aliphatic heterocycles. The van der Waals surface area contributed by atoms with Crippen LogP contribution in [0.3, 0.4) is 0 Å². The highest BCUT2D eigenvalue weighted by atomic mass is 16.1. The van der Waals surface area contributed by atoms with Crippen molar-refractivity contribution >= 4 is 6.29 Å². The Morgan fingerprint density at radius 3 is 2.20 bits per heavy atom. The van der Waals surface area contributed by atoms with Crippen molar-refractivity contribution in [3.8, 4) is 6.07 Å². The molecule has 0 aromatic carbocycles. The molecular weight excluding hydrogens is 126 g/mol. The summed E-state index contributed by atoms with van der Waals surface area (Å²) in [4.78, 5) is 10.2. The van der Waals surface area contributed by atoms with E-state index in [1.165, 1.54) is 0 Å². The zero-order valence-corrected chi connectivity index (χ0v) is 6.72. The van der Waals surface area contributed by atoms with Crippen LogP contribution in [0.25, 0.3) is 0 Å². The van der Waals surface area contributed by atoms with Crippen LogP contribution in [-0.4, -0.2) is 6.29 Å². The Morgan fingerprint density at radius 2 is 2.10 bits per heavy atom. The van der Waals surface area contributed by atoms with Crippen LogP contribution in [0.5, 0.6) is 0 Å². The summed E-state index contributed by atoms with van der Waals surface area (Å²) in [5.41, 5.74) is 0.0707. The van der Waals surface area contributed by atoms with E-state index in [-0.39, 0.29) is 5.41 Å². The van der Waals surface area contributed by atoms with Crippen molar-refractivity contribution in [2.45, 2.75) is 27.2 Å². The van der Waals surface area contributed by atoms with Crippen molar-refractivity contribution in [1.29, 1.82) is 5.26 Å². The molecule has 0 amide bonds. The van der Waals surface area contributed by atoms with Crippen LogP contribution >= 0.6 is 0 Å². The average molecular weight is 139 g/mol. The van der Waals surface area contributed by atoms with E-state index in [4.69, 9.17) is 5.26 Å². The van der Waals surface area contributed by atoms with Gasteiger partial charge in [0.05, 0.1) is 6.07 Å². The van der Waals surface area contributed by atoms with Crippen LogP contribution in [0.2, 0.25) is 0 Å². The second-order valence-corrected chi connectivity index (χ2v) is 3.64. The Hall–Kier alpha value is -0.840. The summed E-state index contributed by atoms with van der Waals surface area (Å²) in [6.45, 7) is 6.04. The molecule has 56 valence electrons. The third kappa shape index (κ3) is 4.08. The summed E-state index contributed by atoms with van der Waals surface area (Å²) in [6.07, 6.45) is 1.36. The smallest absolute Gasteiger partial charge is 0.137 e. The van der Waals surface area contributed by atoms with Crippen LogP contribution in [0.1, 0.15) is 27.2 Å². The van der Waals surface area contributed by atoms with Crippen LogP contribution in [0.4, 0.5) is 0 Å². The van der Waals surface area contributed by atoms with Crippen LogP contribution < -0.4 is 0 Å². The number of rotatable bonds is 2. The predicted molar refractivity (Wildman–Crippen MR) is 39.2 cm³/mol. The standard InChI is InChI=1S/C8H13NO/c1-8(2,3)4-7(5-9)6-10/h6-7H,4H2,1-3H3. The molecule has 1 unspecified atom stereocenters. The van der Waals surface area contributed by atoms with Gasteiger partial charge in [0.1, 0.15) is 12.2 Å². The lowest BCUT2D eigenvalue weighted by molar-refractivity contribution is -0.110. The van der Waals surface area contributed by atoms with Gasteiger partial charge in [-0.2, -0.15) is 5.26 Å². The molecule has 0 aromatic heterocycles. The van der Waals surface area contributed by atoms with Gasteiger partial charge in [-0.25, -0.2) is 0 Å². The molecule has 0 fully saturated rings. The fraction of sp³-hybridized carbons (Fsp3) is 0.750. The lowest BCUT2D eigenvalue weighted by Gasteiger charge is -2.17. The molecule has 0 bridgehead atoms. The predicted octanol–water partition coefficient (Wildman–Crippen LogP) is 1.76. The zero-order chi connectivity index (χ0) is 8.20. The van der Waals surface area contributed by atoms with Gasteiger partial charge >= 0.3 is 0 Å². The Morgan fingerprint density at radius 1 is 1.60 bits per heavy atom. The van der Waals surface area contributed by atoms with Gasteiger partial charge in [-0.3, -0.25) is 0 Å². The topological polar surface area (TPSA) is 40.9 Å². The molecule has 0 saturated heterocycles. The maximum absolute atomic E-state index is 10.2. The Balaban J connectivity index is 3.90. The van der Waals surface area contributed by atoms with E-state index < -0.39 is 5.92 Å². The molecule has 10 heavy (non-hydrogen) atoms. The number of nitriles is 1. The van der Waals surface area contributed by atoms with E-state index >= 15 is 0 Å². The number of nitrogens with zero attached hydrogens (tertiary/aromatic N) is 1. The SMILES string of the molecule is CC(C)(C)CC(C#N)C=O. The van der Waals surface area contributed by atoms with Gasteiger partial charge in [-0.05, 0) is 11.8 Å². The molecule has 0 heterocycles. The third-order valence-corrected chi connectivity index (χ3v) is 1.16. The Labute approximate surface area is 61.8 Å². The summed E-state index contributed by atoms with van der Waals surface area (Å²) in [6, 6.07) is 1.94. The van der Waals surface area contributed by atoms with E-state index in [9.17, 15) is 4.79 Å². The molecule has 2 nitrogen and oxygen atoms in total. The van der Waals surface area contributed by atoms with Crippen molar-refractivity contribution in [1.82, 2.24) is 0 Å². The summed E-state index contributed by atoms with van der Waals surface area (Å²) >= 11 is 0. The minimum Gasteiger partial charge on any atom is -0.302 e. The molecule has 0 aliphatic carbocycles. The van der Waals surface area contributed by atoms with E-state index in [2.05, 4.69) is 0 Å². The van der Waals surface area contributed by atoms with E-state index in [1.54, 1.807) is 0 Å². The van der Waals surface area contributed by atoms with E-state index in [0.717, 1.165) is 0 Å². The fourth-order valence-corrected chi connectivity index (χ4v) is 0.784. The fourth-order valence-electron chi connectivity index (χ4n) is 0.784. The van der Waals surface area contributed by atoms with Crippen LogP contribution in [-0.2, 0) is 4.79 Å². The minimum absolute atomic E-state index is 0.0707. The first-order chi connectivity index (χ1) is 4.49. The van der Waals surface area contributed by atoms with Gasteiger partial charge in [-0.1, -0.05) is 20.8 Å². The zero-order valence-electron chi connectivity index (χ0n) is 6.72. The van der Waals surface area contributed by atoms with Crippen molar-refractivity contribution in [3.63, 3.8) is 0 Å². The van der Waals surface area contributed by atoms with Crippen molar-refractivity contribution in [2.24, 2.45) is 11.3 Å². The molecule has 0 spiro atoms. The normalized spacial score (nSPS) is 13.8. The number of carbonyl (C=O) groups excluding carboxylic acids is 1. The number of aldehydes is 1. The lowest BCUT2D eigenvalue weighted by atomic mass is 9.86. The van der Waals surface area contributed by atoms with Gasteiger partial charge in [-0.15, -0.1) is 0 Å². The van der Waals surface area contributed by atoms with Crippen molar-refractivity contribution < 1.29 is 4.79 Å². The monoisotopic (exact) mass is 139 g/mol. The first-order valence-corrected chi connectivity index (χ1v) is 3.34. The largest absolute Gasteiger partial charge is 0.302 e. The number of hydrogen-bond acceptors (Lipinski definition) is 2. The highest BCUT2D eigenvalue weighted by molar-refractivity contribution is 5.57. The van der Waals surface area contributed by atoms with E-state index in [1.807, 2.05) is 26.8 Å². The van der Waals surface area contributed by atoms with Crippen LogP contribution in [0.15, 0.2) is 0 Å². The second kappa shape index (κ2) is 3.36. The van der Waals surface area contributed by atoms with Gasteiger partial charge in [0.2, 0.25) is 0 Å². The molecule has 0 radical (unpaired) electrons. The quantitative estimate of drug-likeness (QED) is 0.547. The second-order valence-electron chi connectivity index (χ2n) is 3.64. The number of carbonyl (C=O) groups is 1. The Bertz CT molecular complexity index is 150. The molecule has 0 aromatic rings. The molecule has 1 atom stereocenters. The molecule has 0 saturated carbocycles. The van der Waals surface area contributed by atoms with Gasteiger partial charge in [0.25, 0.3) is 0 Å². The van der Waals surface area contributed by atoms with E-state index in [0.29, 0.717) is 12.7 Å². The highest BCUT2D eigenvalue weighted by Crippen LogP contribution is 2.22. The van der Waals surface area contributed by atoms with Gasteiger partial charge in [0, 0.05) is 0 Å². The lowest BCUT2D eigenvalue weighted by Crippen LogP contribution is -2.12. The summed E-state index contributed by atoms with van der Waals surface area (Å²) < 4.78 is 0. The molecule has 2 heteroatoms. The maximum Gasteiger partial charge on any atom is 0.137 e. The van der Waals surface area contributed by atoms with Crippen LogP contribution in [0, 0.1) is 22.7 Å². The Kier molecular flexibility index (Phi) is 3.08. The van der Waals surface area contributed by atoms with Crippen molar-refractivity contribution in [2.75, 3.05) is 0 Å². The third-order valence-electron chi connectivity index (χ3n) is 1.16. The molecular formula is C8H13NO. The molecule has 0 N–H and O–H groups in total. The average Bonchev–Trinajstić information content (AvgIpc) is 1.81. The van der Waals surface area contributed by atoms with Gasteiger partial charge in [0.15, 0.2) is 0 Å².